The molecule has 0 bridgehead atoms. The minimum Gasteiger partial charge on any atom is -0.380 e. The van der Waals surface area contributed by atoms with Gasteiger partial charge in [-0.2, -0.15) is 0 Å². The van der Waals surface area contributed by atoms with Crippen molar-refractivity contribution < 1.29 is 9.53 Å². The van der Waals surface area contributed by atoms with Crippen molar-refractivity contribution in [3.63, 3.8) is 0 Å². The molecule has 1 aromatic carbocycles. The number of benzene rings is 1. The second-order valence-corrected chi connectivity index (χ2v) is 4.63. The zero-order chi connectivity index (χ0) is 12.3. The Bertz CT molecular complexity index is 403. The summed E-state index contributed by atoms with van der Waals surface area (Å²) < 4.78 is 5.21. The fourth-order valence-electron chi connectivity index (χ4n) is 2.33. The van der Waals surface area contributed by atoms with E-state index in [0.29, 0.717) is 18.8 Å². The lowest BCUT2D eigenvalue weighted by Gasteiger charge is -2.33. The van der Waals surface area contributed by atoms with E-state index in [1.54, 1.807) is 7.11 Å². The largest absolute Gasteiger partial charge is 0.380 e. The van der Waals surface area contributed by atoms with Crippen LogP contribution in [0.4, 0.5) is 5.69 Å². The van der Waals surface area contributed by atoms with Crippen LogP contribution in [0.2, 0.25) is 0 Å². The maximum absolute atomic E-state index is 11.5. The summed E-state index contributed by atoms with van der Waals surface area (Å²) in [6.07, 6.45) is 0.655. The number of rotatable bonds is 3. The Morgan fingerprint density at radius 2 is 2.18 bits per heavy atom. The van der Waals surface area contributed by atoms with E-state index in [1.807, 2.05) is 19.1 Å². The van der Waals surface area contributed by atoms with Crippen molar-refractivity contribution in [3.05, 3.63) is 29.8 Å². The van der Waals surface area contributed by atoms with Crippen LogP contribution < -0.4 is 4.90 Å². The summed E-state index contributed by atoms with van der Waals surface area (Å²) in [5.74, 6) is 0.518. The average Bonchev–Trinajstić information content (AvgIpc) is 2.34. The molecule has 3 heteroatoms. The molecule has 1 aromatic rings. The van der Waals surface area contributed by atoms with E-state index in [2.05, 4.69) is 17.0 Å². The van der Waals surface area contributed by atoms with Gasteiger partial charge in [0.2, 0.25) is 0 Å². The summed E-state index contributed by atoms with van der Waals surface area (Å²) in [5, 5.41) is 0. The van der Waals surface area contributed by atoms with Crippen molar-refractivity contribution in [3.8, 4) is 0 Å². The second-order valence-electron chi connectivity index (χ2n) is 4.63. The van der Waals surface area contributed by atoms with Crippen molar-refractivity contribution in [1.29, 1.82) is 0 Å². The summed E-state index contributed by atoms with van der Waals surface area (Å²) in [6.45, 7) is 4.27. The third kappa shape index (κ3) is 2.67. The Balaban J connectivity index is 2.19. The van der Waals surface area contributed by atoms with E-state index in [9.17, 15) is 4.79 Å². The van der Waals surface area contributed by atoms with Gasteiger partial charge in [0.15, 0.2) is 0 Å². The molecule has 1 aliphatic heterocycles. The van der Waals surface area contributed by atoms with E-state index in [4.69, 9.17) is 4.74 Å². The number of nitrogens with zero attached hydrogens (tertiary/aromatic N) is 1. The molecule has 92 valence electrons. The van der Waals surface area contributed by atoms with Crippen LogP contribution in [-0.2, 0) is 16.1 Å². The quantitative estimate of drug-likeness (QED) is 0.802. The number of para-hydroxylation sites is 1. The highest BCUT2D eigenvalue weighted by Crippen LogP contribution is 2.25. The van der Waals surface area contributed by atoms with Crippen LogP contribution in [0.15, 0.2) is 24.3 Å². The lowest BCUT2D eigenvalue weighted by Crippen LogP contribution is -2.40. The number of piperidine rings is 1. The molecule has 1 fully saturated rings. The predicted molar refractivity (Wildman–Crippen MR) is 68.2 cm³/mol. The minimum absolute atomic E-state index is 0.138. The molecular formula is C14H19NO2. The number of carbonyl (C=O) groups is 1. The van der Waals surface area contributed by atoms with Crippen molar-refractivity contribution in [2.45, 2.75) is 20.0 Å². The first-order valence-corrected chi connectivity index (χ1v) is 6.07. The first kappa shape index (κ1) is 12.1. The summed E-state index contributed by atoms with van der Waals surface area (Å²) in [5.41, 5.74) is 2.39. The first-order chi connectivity index (χ1) is 8.22. The molecule has 0 aliphatic carbocycles. The van der Waals surface area contributed by atoms with Gasteiger partial charge in [0.1, 0.15) is 5.78 Å². The van der Waals surface area contributed by atoms with Gasteiger partial charge in [-0.15, -0.1) is 0 Å². The molecule has 2 rings (SSSR count). The Morgan fingerprint density at radius 1 is 1.41 bits per heavy atom. The van der Waals surface area contributed by atoms with E-state index in [0.717, 1.165) is 13.1 Å². The Morgan fingerprint density at radius 3 is 2.88 bits per heavy atom. The van der Waals surface area contributed by atoms with Crippen molar-refractivity contribution >= 4 is 11.5 Å². The molecule has 0 N–H and O–H groups in total. The van der Waals surface area contributed by atoms with Crippen molar-refractivity contribution in [2.24, 2.45) is 5.92 Å². The highest BCUT2D eigenvalue weighted by Gasteiger charge is 2.24. The minimum atomic E-state index is 0.138. The summed E-state index contributed by atoms with van der Waals surface area (Å²) in [6, 6.07) is 8.25. The Hall–Kier alpha value is -1.35. The molecule has 0 amide bonds. The van der Waals surface area contributed by atoms with Gasteiger partial charge in [0, 0.05) is 43.8 Å². The third-order valence-corrected chi connectivity index (χ3v) is 3.30. The van der Waals surface area contributed by atoms with Gasteiger partial charge < -0.3 is 9.64 Å². The van der Waals surface area contributed by atoms with E-state index in [1.165, 1.54) is 11.3 Å². The summed E-state index contributed by atoms with van der Waals surface area (Å²) in [7, 11) is 1.71. The van der Waals surface area contributed by atoms with Crippen LogP contribution in [0.3, 0.4) is 0 Å². The van der Waals surface area contributed by atoms with Crippen LogP contribution in [0.5, 0.6) is 0 Å². The van der Waals surface area contributed by atoms with E-state index < -0.39 is 0 Å². The topological polar surface area (TPSA) is 29.5 Å². The number of hydrogen-bond donors (Lipinski definition) is 0. The predicted octanol–water partition coefficient (Wildman–Crippen LogP) is 2.25. The zero-order valence-electron chi connectivity index (χ0n) is 10.5. The van der Waals surface area contributed by atoms with E-state index in [-0.39, 0.29) is 5.92 Å². The lowest BCUT2D eigenvalue weighted by atomic mass is 9.97. The normalized spacial score (nSPS) is 20.7. The fourth-order valence-corrected chi connectivity index (χ4v) is 2.33. The Kier molecular flexibility index (Phi) is 3.79. The van der Waals surface area contributed by atoms with Gasteiger partial charge in [-0.25, -0.2) is 0 Å². The van der Waals surface area contributed by atoms with Crippen LogP contribution in [0.1, 0.15) is 18.9 Å². The van der Waals surface area contributed by atoms with Crippen molar-refractivity contribution in [2.75, 3.05) is 25.1 Å². The summed E-state index contributed by atoms with van der Waals surface area (Å²) >= 11 is 0. The van der Waals surface area contributed by atoms with E-state index >= 15 is 0 Å². The number of methoxy groups -OCH3 is 1. The van der Waals surface area contributed by atoms with Gasteiger partial charge in [0.25, 0.3) is 0 Å². The molecule has 1 saturated heterocycles. The molecule has 1 atom stereocenters. The molecule has 17 heavy (non-hydrogen) atoms. The molecular weight excluding hydrogens is 214 g/mol. The van der Waals surface area contributed by atoms with Gasteiger partial charge >= 0.3 is 0 Å². The molecule has 0 aromatic heterocycles. The third-order valence-electron chi connectivity index (χ3n) is 3.30. The van der Waals surface area contributed by atoms with Crippen LogP contribution in [0.25, 0.3) is 0 Å². The Labute approximate surface area is 102 Å². The molecule has 1 aliphatic rings. The maximum atomic E-state index is 11.5. The molecule has 1 heterocycles. The maximum Gasteiger partial charge on any atom is 0.139 e. The highest BCUT2D eigenvalue weighted by atomic mass is 16.5. The van der Waals surface area contributed by atoms with Crippen LogP contribution >= 0.6 is 0 Å². The van der Waals surface area contributed by atoms with Gasteiger partial charge in [-0.05, 0) is 6.07 Å². The first-order valence-electron chi connectivity index (χ1n) is 6.07. The highest BCUT2D eigenvalue weighted by molar-refractivity contribution is 5.83. The number of ether oxygens (including phenoxy) is 1. The SMILES string of the molecule is COCc1ccccc1N1CCC(=O)C(C)C1. The van der Waals surface area contributed by atoms with Gasteiger partial charge in [0.05, 0.1) is 6.61 Å². The van der Waals surface area contributed by atoms with Crippen molar-refractivity contribution in [1.82, 2.24) is 0 Å². The molecule has 3 nitrogen and oxygen atoms in total. The summed E-state index contributed by atoms with van der Waals surface area (Å²) in [4.78, 5) is 13.8. The number of Topliss-reactive ketones (excluding diaryl/α,β-unsaturated/α-hetero) is 1. The van der Waals surface area contributed by atoms with Gasteiger partial charge in [-0.3, -0.25) is 4.79 Å². The van der Waals surface area contributed by atoms with Crippen LogP contribution in [0, 0.1) is 5.92 Å². The van der Waals surface area contributed by atoms with Crippen LogP contribution in [-0.4, -0.2) is 26.0 Å². The number of anilines is 1. The fraction of sp³-hybridized carbons (Fsp3) is 0.500. The molecule has 0 spiro atoms. The number of hydrogen-bond acceptors (Lipinski definition) is 3. The monoisotopic (exact) mass is 233 g/mol. The smallest absolute Gasteiger partial charge is 0.139 e. The number of carbonyl (C=O) groups excluding carboxylic acids is 1. The zero-order valence-corrected chi connectivity index (χ0v) is 10.5. The standard InChI is InChI=1S/C14H19NO2/c1-11-9-15(8-7-14(11)16)13-6-4-3-5-12(13)10-17-2/h3-6,11H,7-10H2,1-2H3. The molecule has 0 radical (unpaired) electrons. The molecule has 0 saturated carbocycles. The second kappa shape index (κ2) is 5.32. The molecule has 1 unspecified atom stereocenters. The average molecular weight is 233 g/mol. The van der Waals surface area contributed by atoms with Gasteiger partial charge in [-0.1, -0.05) is 25.1 Å². The number of ketones is 1. The lowest BCUT2D eigenvalue weighted by molar-refractivity contribution is -0.122.